The van der Waals surface area contributed by atoms with E-state index in [4.69, 9.17) is 4.43 Å². The molecule has 0 amide bonds. The van der Waals surface area contributed by atoms with E-state index in [9.17, 15) is 0 Å². The average Bonchev–Trinajstić information content (AvgIpc) is 2.06. The van der Waals surface area contributed by atoms with E-state index < -0.39 is 0 Å². The largest absolute Gasteiger partial charge is 0.424 e. The molecule has 0 aliphatic carbocycles. The summed E-state index contributed by atoms with van der Waals surface area (Å²) >= 11 is 0. The van der Waals surface area contributed by atoms with Crippen LogP contribution in [-0.2, 0) is 17.5 Å². The maximum Gasteiger partial charge on any atom is 0.146 e. The summed E-state index contributed by atoms with van der Waals surface area (Å²) in [5, 5.41) is 0. The summed E-state index contributed by atoms with van der Waals surface area (Å²) in [5.74, 6) is 0. The number of hydrogen-bond donors (Lipinski definition) is 0. The maximum atomic E-state index is 5.21. The van der Waals surface area contributed by atoms with Crippen LogP contribution in [0, 0.1) is 0 Å². The Morgan fingerprint density at radius 2 is 1.91 bits per heavy atom. The highest BCUT2D eigenvalue weighted by molar-refractivity contribution is 5.97. The first kappa shape index (κ1) is 8.49. The molecule has 60 valence electrons. The molecule has 1 aromatic rings. The van der Waals surface area contributed by atoms with E-state index >= 15 is 0 Å². The number of aryl methyl sites for hydroxylation is 1. The molecule has 2 heteroatoms. The van der Waals surface area contributed by atoms with Gasteiger partial charge < -0.3 is 4.43 Å². The molecule has 0 N–H and O–H groups in total. The van der Waals surface area contributed by atoms with Crippen LogP contribution < -0.4 is 0 Å². The maximum absolute atomic E-state index is 5.21. The van der Waals surface area contributed by atoms with E-state index in [0.29, 0.717) is 0 Å². The zero-order valence-electron chi connectivity index (χ0n) is 7.13. The van der Waals surface area contributed by atoms with Gasteiger partial charge in [-0.3, -0.25) is 0 Å². The Labute approximate surface area is 70.9 Å². The molecule has 0 bridgehead atoms. The van der Waals surface area contributed by atoms with Gasteiger partial charge in [0.1, 0.15) is 10.5 Å². The van der Waals surface area contributed by atoms with Gasteiger partial charge in [-0.15, -0.1) is 0 Å². The second-order valence-electron chi connectivity index (χ2n) is 2.56. The van der Waals surface area contributed by atoms with Crippen LogP contribution in [0.15, 0.2) is 24.3 Å². The van der Waals surface area contributed by atoms with Crippen LogP contribution in [0.2, 0.25) is 0 Å². The summed E-state index contributed by atoms with van der Waals surface area (Å²) in [6, 6.07) is 8.44. The zero-order valence-corrected chi connectivity index (χ0v) is 9.13. The standard InChI is InChI=1S/C9H14OSi/c1-2-8-5-3-4-6-9(8)7-10-11/h3-6H,2,7H2,1,11H3. The summed E-state index contributed by atoms with van der Waals surface area (Å²) in [5.41, 5.74) is 2.74. The Bertz CT molecular complexity index is 223. The Balaban J connectivity index is 2.83. The SMILES string of the molecule is CCc1ccccc1CO[SiH3]. The first-order valence-corrected chi connectivity index (χ1v) is 4.75. The molecule has 0 saturated carbocycles. The van der Waals surface area contributed by atoms with Crippen LogP contribution in [0.1, 0.15) is 18.1 Å². The lowest BCUT2D eigenvalue weighted by molar-refractivity contribution is 0.337. The average molecular weight is 166 g/mol. The van der Waals surface area contributed by atoms with Crippen molar-refractivity contribution < 1.29 is 4.43 Å². The summed E-state index contributed by atoms with van der Waals surface area (Å²) in [6.07, 6.45) is 1.10. The molecule has 1 aromatic carbocycles. The van der Waals surface area contributed by atoms with Crippen molar-refractivity contribution in [3.63, 3.8) is 0 Å². The van der Waals surface area contributed by atoms with Gasteiger partial charge in [0.25, 0.3) is 0 Å². The lowest BCUT2D eigenvalue weighted by atomic mass is 10.1. The molecule has 0 saturated heterocycles. The van der Waals surface area contributed by atoms with Crippen LogP contribution in [0.4, 0.5) is 0 Å². The summed E-state index contributed by atoms with van der Waals surface area (Å²) < 4.78 is 5.21. The fourth-order valence-electron chi connectivity index (χ4n) is 1.20. The van der Waals surface area contributed by atoms with Crippen molar-refractivity contribution in [2.75, 3.05) is 0 Å². The molecule has 1 nitrogen and oxygen atoms in total. The number of rotatable bonds is 3. The van der Waals surface area contributed by atoms with E-state index in [1.165, 1.54) is 11.1 Å². The van der Waals surface area contributed by atoms with Crippen LogP contribution >= 0.6 is 0 Å². The van der Waals surface area contributed by atoms with E-state index in [1.807, 2.05) is 0 Å². The second kappa shape index (κ2) is 4.31. The van der Waals surface area contributed by atoms with Gasteiger partial charge in [-0.05, 0) is 17.5 Å². The molecule has 0 atom stereocenters. The van der Waals surface area contributed by atoms with Gasteiger partial charge in [0, 0.05) is 0 Å². The highest BCUT2D eigenvalue weighted by Crippen LogP contribution is 2.09. The molecule has 0 unspecified atom stereocenters. The molecule has 0 radical (unpaired) electrons. The van der Waals surface area contributed by atoms with Gasteiger partial charge in [0.2, 0.25) is 0 Å². The van der Waals surface area contributed by atoms with Crippen LogP contribution in [0.5, 0.6) is 0 Å². The van der Waals surface area contributed by atoms with Gasteiger partial charge in [-0.1, -0.05) is 31.2 Å². The zero-order chi connectivity index (χ0) is 8.10. The van der Waals surface area contributed by atoms with Crippen LogP contribution in [-0.4, -0.2) is 10.5 Å². The van der Waals surface area contributed by atoms with Gasteiger partial charge >= 0.3 is 0 Å². The fourth-order valence-corrected chi connectivity index (χ4v) is 1.51. The van der Waals surface area contributed by atoms with Crippen molar-refractivity contribution in [3.8, 4) is 0 Å². The van der Waals surface area contributed by atoms with Gasteiger partial charge in [-0.25, -0.2) is 0 Å². The third-order valence-corrected chi connectivity index (χ3v) is 2.09. The van der Waals surface area contributed by atoms with Crippen molar-refractivity contribution in [1.82, 2.24) is 0 Å². The van der Waals surface area contributed by atoms with E-state index in [0.717, 1.165) is 23.5 Å². The molecular weight excluding hydrogens is 152 g/mol. The van der Waals surface area contributed by atoms with E-state index in [2.05, 4.69) is 31.2 Å². The van der Waals surface area contributed by atoms with Crippen LogP contribution in [0.25, 0.3) is 0 Å². The molecule has 0 fully saturated rings. The highest BCUT2D eigenvalue weighted by Gasteiger charge is 1.96. The molecule has 0 aliphatic heterocycles. The summed E-state index contributed by atoms with van der Waals surface area (Å²) in [7, 11) is 0.824. The van der Waals surface area contributed by atoms with E-state index in [-0.39, 0.29) is 0 Å². The van der Waals surface area contributed by atoms with E-state index in [1.54, 1.807) is 0 Å². The normalized spacial score (nSPS) is 10.3. The molecule has 0 aromatic heterocycles. The van der Waals surface area contributed by atoms with Crippen molar-refractivity contribution in [2.24, 2.45) is 0 Å². The fraction of sp³-hybridized carbons (Fsp3) is 0.333. The smallest absolute Gasteiger partial charge is 0.146 e. The number of hydrogen-bond acceptors (Lipinski definition) is 1. The minimum atomic E-state index is 0.788. The summed E-state index contributed by atoms with van der Waals surface area (Å²) in [4.78, 5) is 0. The second-order valence-corrected chi connectivity index (χ2v) is 3.13. The highest BCUT2D eigenvalue weighted by atomic mass is 28.2. The molecule has 0 heterocycles. The third-order valence-electron chi connectivity index (χ3n) is 1.80. The Kier molecular flexibility index (Phi) is 3.33. The predicted molar refractivity (Wildman–Crippen MR) is 50.5 cm³/mol. The van der Waals surface area contributed by atoms with Crippen molar-refractivity contribution in [1.29, 1.82) is 0 Å². The third kappa shape index (κ3) is 2.17. The van der Waals surface area contributed by atoms with Gasteiger partial charge in [0.15, 0.2) is 0 Å². The first-order valence-electron chi connectivity index (χ1n) is 3.94. The predicted octanol–water partition coefficient (Wildman–Crippen LogP) is 1.05. The molecule has 11 heavy (non-hydrogen) atoms. The van der Waals surface area contributed by atoms with Gasteiger partial charge in [-0.2, -0.15) is 0 Å². The van der Waals surface area contributed by atoms with Crippen molar-refractivity contribution >= 4 is 10.5 Å². The lowest BCUT2D eigenvalue weighted by Gasteiger charge is -2.05. The van der Waals surface area contributed by atoms with Crippen LogP contribution in [0.3, 0.4) is 0 Å². The monoisotopic (exact) mass is 166 g/mol. The Morgan fingerprint density at radius 3 is 2.45 bits per heavy atom. The topological polar surface area (TPSA) is 9.23 Å². The lowest BCUT2D eigenvalue weighted by Crippen LogP contribution is -1.93. The number of benzene rings is 1. The Morgan fingerprint density at radius 1 is 1.27 bits per heavy atom. The molecular formula is C9H14OSi. The quantitative estimate of drug-likeness (QED) is 0.610. The molecule has 1 rings (SSSR count). The minimum Gasteiger partial charge on any atom is -0.424 e. The summed E-state index contributed by atoms with van der Waals surface area (Å²) in [6.45, 7) is 2.96. The minimum absolute atomic E-state index is 0.788. The van der Waals surface area contributed by atoms with Crippen molar-refractivity contribution in [2.45, 2.75) is 20.0 Å². The molecule has 0 aliphatic rings. The Hall–Kier alpha value is -0.603. The molecule has 0 spiro atoms. The van der Waals surface area contributed by atoms with Crippen molar-refractivity contribution in [3.05, 3.63) is 35.4 Å². The first-order chi connectivity index (χ1) is 5.38. The van der Waals surface area contributed by atoms with Gasteiger partial charge in [0.05, 0.1) is 6.61 Å².